The van der Waals surface area contributed by atoms with E-state index in [4.69, 9.17) is 16.2 Å². The average Bonchev–Trinajstić information content (AvgIpc) is 2.34. The van der Waals surface area contributed by atoms with Gasteiger partial charge in [-0.3, -0.25) is 4.55 Å². The zero-order valence-corrected chi connectivity index (χ0v) is 12.3. The highest BCUT2D eigenvalue weighted by atomic mass is 35.5. The lowest BCUT2D eigenvalue weighted by atomic mass is 10.1. The maximum absolute atomic E-state index is 11.5. The molecular formula is C11H11ClO5S2. The van der Waals surface area contributed by atoms with Gasteiger partial charge in [0.1, 0.15) is 0 Å². The lowest BCUT2D eigenvalue weighted by molar-refractivity contribution is -0.135. The third-order valence-corrected chi connectivity index (χ3v) is 4.36. The van der Waals surface area contributed by atoms with E-state index in [2.05, 4.69) is 4.74 Å². The van der Waals surface area contributed by atoms with Crippen LogP contribution in [0.5, 0.6) is 0 Å². The Hall–Kier alpha value is -1.02. The minimum atomic E-state index is -4.23. The number of benzene rings is 1. The van der Waals surface area contributed by atoms with Gasteiger partial charge in [-0.1, -0.05) is 29.8 Å². The zero-order chi connectivity index (χ0) is 14.5. The van der Waals surface area contributed by atoms with Crippen molar-refractivity contribution >= 4 is 43.6 Å². The first-order valence-electron chi connectivity index (χ1n) is 4.98. The molecule has 8 heteroatoms. The summed E-state index contributed by atoms with van der Waals surface area (Å²) >= 11 is 5.94. The zero-order valence-electron chi connectivity index (χ0n) is 9.87. The van der Waals surface area contributed by atoms with E-state index < -0.39 is 15.1 Å². The SMILES string of the molecule is COC(=O)/C(=C/c1ccccc1Cl)CSS(=O)(=O)O. The number of ether oxygens (including phenoxy) is 1. The smallest absolute Gasteiger partial charge is 0.334 e. The maximum Gasteiger partial charge on any atom is 0.334 e. The Morgan fingerprint density at radius 3 is 2.63 bits per heavy atom. The van der Waals surface area contributed by atoms with Crippen LogP contribution in [0.2, 0.25) is 5.02 Å². The number of carbonyl (C=O) groups excluding carboxylic acids is 1. The lowest BCUT2D eigenvalue weighted by Crippen LogP contribution is -2.08. The molecule has 1 aromatic rings. The molecule has 1 aromatic carbocycles. The first-order valence-corrected chi connectivity index (χ1v) is 8.31. The topological polar surface area (TPSA) is 80.7 Å². The van der Waals surface area contributed by atoms with Gasteiger partial charge in [-0.05, 0) is 17.7 Å². The molecule has 0 saturated carbocycles. The Bertz CT molecular complexity index is 595. The summed E-state index contributed by atoms with van der Waals surface area (Å²) in [6, 6.07) is 6.76. The normalized spacial score (nSPS) is 12.3. The number of hydrogen-bond donors (Lipinski definition) is 1. The van der Waals surface area contributed by atoms with Crippen LogP contribution in [0.1, 0.15) is 5.56 Å². The molecule has 0 spiro atoms. The fourth-order valence-electron chi connectivity index (χ4n) is 1.21. The molecule has 5 nitrogen and oxygen atoms in total. The summed E-state index contributed by atoms with van der Waals surface area (Å²) in [7, 11) is -2.82. The van der Waals surface area contributed by atoms with E-state index in [9.17, 15) is 13.2 Å². The molecule has 0 radical (unpaired) electrons. The van der Waals surface area contributed by atoms with E-state index >= 15 is 0 Å². The number of rotatable bonds is 5. The molecule has 0 unspecified atom stereocenters. The van der Waals surface area contributed by atoms with Crippen LogP contribution < -0.4 is 0 Å². The number of hydrogen-bond acceptors (Lipinski definition) is 5. The highest BCUT2D eigenvalue weighted by Crippen LogP contribution is 2.22. The second-order valence-corrected chi connectivity index (χ2v) is 7.13. The molecule has 0 atom stereocenters. The van der Waals surface area contributed by atoms with Crippen molar-refractivity contribution < 1.29 is 22.5 Å². The summed E-state index contributed by atoms with van der Waals surface area (Å²) < 4.78 is 34.6. The molecule has 0 amide bonds. The van der Waals surface area contributed by atoms with Crippen LogP contribution in [0, 0.1) is 0 Å². The lowest BCUT2D eigenvalue weighted by Gasteiger charge is -2.05. The monoisotopic (exact) mass is 322 g/mol. The third kappa shape index (κ3) is 5.65. The predicted molar refractivity (Wildman–Crippen MR) is 75.5 cm³/mol. The summed E-state index contributed by atoms with van der Waals surface area (Å²) in [5, 5.41) is 0.417. The van der Waals surface area contributed by atoms with Gasteiger partial charge in [-0.15, -0.1) is 0 Å². The van der Waals surface area contributed by atoms with Gasteiger partial charge in [-0.25, -0.2) is 4.79 Å². The van der Waals surface area contributed by atoms with Crippen molar-refractivity contribution in [2.75, 3.05) is 12.9 Å². The van der Waals surface area contributed by atoms with Gasteiger partial charge in [0, 0.05) is 27.1 Å². The van der Waals surface area contributed by atoms with Gasteiger partial charge in [0.2, 0.25) is 0 Å². The Morgan fingerprint density at radius 1 is 1.47 bits per heavy atom. The minimum Gasteiger partial charge on any atom is -0.466 e. The van der Waals surface area contributed by atoms with E-state index in [0.717, 1.165) is 0 Å². The maximum atomic E-state index is 11.5. The fourth-order valence-corrected chi connectivity index (χ4v) is 2.70. The van der Waals surface area contributed by atoms with Crippen LogP contribution in [-0.2, 0) is 18.7 Å². The molecular weight excluding hydrogens is 312 g/mol. The van der Waals surface area contributed by atoms with Gasteiger partial charge in [0.15, 0.2) is 0 Å². The van der Waals surface area contributed by atoms with Crippen LogP contribution in [0.3, 0.4) is 0 Å². The van der Waals surface area contributed by atoms with E-state index in [1.165, 1.54) is 13.2 Å². The van der Waals surface area contributed by atoms with Crippen molar-refractivity contribution in [3.8, 4) is 0 Å². The van der Waals surface area contributed by atoms with E-state index in [-0.39, 0.29) is 22.1 Å². The molecule has 1 rings (SSSR count). The second kappa shape index (κ2) is 6.95. The quantitative estimate of drug-likeness (QED) is 0.388. The highest BCUT2D eigenvalue weighted by molar-refractivity contribution is 8.70. The van der Waals surface area contributed by atoms with Crippen molar-refractivity contribution in [1.82, 2.24) is 0 Å². The molecule has 0 bridgehead atoms. The Morgan fingerprint density at radius 2 is 2.11 bits per heavy atom. The molecule has 0 aromatic heterocycles. The number of carbonyl (C=O) groups is 1. The number of halogens is 1. The Balaban J connectivity index is 3.04. The van der Waals surface area contributed by atoms with Crippen LogP contribution in [-0.4, -0.2) is 31.8 Å². The largest absolute Gasteiger partial charge is 0.466 e. The van der Waals surface area contributed by atoms with Crippen molar-refractivity contribution in [3.05, 3.63) is 40.4 Å². The second-order valence-electron chi connectivity index (χ2n) is 3.37. The van der Waals surface area contributed by atoms with Crippen molar-refractivity contribution in [1.29, 1.82) is 0 Å². The molecule has 0 aliphatic rings. The van der Waals surface area contributed by atoms with Gasteiger partial charge < -0.3 is 4.74 Å². The van der Waals surface area contributed by atoms with Crippen molar-refractivity contribution in [2.45, 2.75) is 0 Å². The van der Waals surface area contributed by atoms with E-state index in [1.807, 2.05) is 0 Å². The van der Waals surface area contributed by atoms with Crippen LogP contribution in [0.4, 0.5) is 0 Å². The predicted octanol–water partition coefficient (Wildman–Crippen LogP) is 2.43. The van der Waals surface area contributed by atoms with Crippen LogP contribution in [0.15, 0.2) is 29.8 Å². The third-order valence-electron chi connectivity index (χ3n) is 2.05. The molecule has 0 saturated heterocycles. The Labute approximate surface area is 119 Å². The summed E-state index contributed by atoms with van der Waals surface area (Å²) in [5.41, 5.74) is 0.638. The van der Waals surface area contributed by atoms with Gasteiger partial charge in [0.25, 0.3) is 0 Å². The number of methoxy groups -OCH3 is 1. The van der Waals surface area contributed by atoms with E-state index in [0.29, 0.717) is 10.6 Å². The molecule has 0 fully saturated rings. The van der Waals surface area contributed by atoms with E-state index in [1.54, 1.807) is 24.3 Å². The number of esters is 1. The fraction of sp³-hybridized carbons (Fsp3) is 0.182. The molecule has 0 heterocycles. The van der Waals surface area contributed by atoms with Crippen LogP contribution >= 0.6 is 22.4 Å². The van der Waals surface area contributed by atoms with Crippen molar-refractivity contribution in [3.63, 3.8) is 0 Å². The van der Waals surface area contributed by atoms with Gasteiger partial charge in [-0.2, -0.15) is 8.42 Å². The average molecular weight is 323 g/mol. The summed E-state index contributed by atoms with van der Waals surface area (Å²) in [6.45, 7) is 0. The molecule has 0 aliphatic heterocycles. The molecule has 1 N–H and O–H groups in total. The highest BCUT2D eigenvalue weighted by Gasteiger charge is 2.15. The Kier molecular flexibility index (Phi) is 5.86. The van der Waals surface area contributed by atoms with Gasteiger partial charge in [0.05, 0.1) is 7.11 Å². The molecule has 19 heavy (non-hydrogen) atoms. The summed E-state index contributed by atoms with van der Waals surface area (Å²) in [4.78, 5) is 11.5. The molecule has 104 valence electrons. The molecule has 0 aliphatic carbocycles. The first-order chi connectivity index (χ1) is 8.83. The summed E-state index contributed by atoms with van der Waals surface area (Å²) in [6.07, 6.45) is 1.42. The van der Waals surface area contributed by atoms with Crippen molar-refractivity contribution in [2.24, 2.45) is 0 Å². The minimum absolute atomic E-state index is 0.0817. The summed E-state index contributed by atoms with van der Waals surface area (Å²) in [5.74, 6) is -0.924. The van der Waals surface area contributed by atoms with Crippen LogP contribution in [0.25, 0.3) is 6.08 Å². The first kappa shape index (κ1) is 16.0. The van der Waals surface area contributed by atoms with Gasteiger partial charge >= 0.3 is 15.1 Å². The standard InChI is InChI=1S/C11H11ClO5S2/c1-17-11(13)9(7-18-19(14,15)16)6-8-4-2-3-5-10(8)12/h2-6H,7H2,1H3,(H,14,15,16)/b9-6+.